The van der Waals surface area contributed by atoms with E-state index in [0.717, 1.165) is 5.56 Å². The molecule has 2 aromatic rings. The highest BCUT2D eigenvalue weighted by Crippen LogP contribution is 2.23. The van der Waals surface area contributed by atoms with Gasteiger partial charge in [0.1, 0.15) is 24.8 Å². The molecule has 0 aromatic heterocycles. The van der Waals surface area contributed by atoms with Crippen molar-refractivity contribution in [1.82, 2.24) is 0 Å². The van der Waals surface area contributed by atoms with E-state index in [1.807, 2.05) is 30.3 Å². The van der Waals surface area contributed by atoms with Crippen molar-refractivity contribution >= 4 is 5.97 Å². The highest BCUT2D eigenvalue weighted by molar-refractivity contribution is 5.68. The van der Waals surface area contributed by atoms with Crippen LogP contribution < -0.4 is 4.74 Å². The summed E-state index contributed by atoms with van der Waals surface area (Å²) in [5.74, 6) is -1.23. The SMILES string of the molecule is O=C(O)COCc1c(F)cccc1OCc1ccccc1. The van der Waals surface area contributed by atoms with Crippen LogP contribution in [0.1, 0.15) is 11.1 Å². The minimum absolute atomic E-state index is 0.150. The maximum atomic E-state index is 13.8. The van der Waals surface area contributed by atoms with Crippen LogP contribution in [0.4, 0.5) is 4.39 Å². The number of halogens is 1. The summed E-state index contributed by atoms with van der Waals surface area (Å²) in [5, 5.41) is 8.53. The van der Waals surface area contributed by atoms with Crippen LogP contribution in [-0.2, 0) is 22.7 Å². The Morgan fingerprint density at radius 3 is 2.52 bits per heavy atom. The lowest BCUT2D eigenvalue weighted by atomic mass is 10.2. The molecule has 110 valence electrons. The standard InChI is InChI=1S/C16H15FO4/c17-14-7-4-8-15(13(14)10-20-11-16(18)19)21-9-12-5-2-1-3-6-12/h1-8H,9-11H2,(H,18,19). The average molecular weight is 290 g/mol. The van der Waals surface area contributed by atoms with E-state index < -0.39 is 18.4 Å². The van der Waals surface area contributed by atoms with E-state index in [1.54, 1.807) is 6.07 Å². The monoisotopic (exact) mass is 290 g/mol. The second-order valence-electron chi connectivity index (χ2n) is 4.38. The van der Waals surface area contributed by atoms with Crippen molar-refractivity contribution in [3.63, 3.8) is 0 Å². The summed E-state index contributed by atoms with van der Waals surface area (Å²) in [6.45, 7) is -0.328. The Morgan fingerprint density at radius 1 is 1.05 bits per heavy atom. The molecule has 0 aliphatic heterocycles. The molecule has 0 amide bonds. The molecule has 4 nitrogen and oxygen atoms in total. The maximum absolute atomic E-state index is 13.8. The number of benzene rings is 2. The van der Waals surface area contributed by atoms with Crippen LogP contribution in [0.3, 0.4) is 0 Å². The zero-order chi connectivity index (χ0) is 15.1. The van der Waals surface area contributed by atoms with Crippen molar-refractivity contribution in [2.45, 2.75) is 13.2 Å². The van der Waals surface area contributed by atoms with Gasteiger partial charge in [-0.05, 0) is 17.7 Å². The first-order chi connectivity index (χ1) is 10.2. The molecule has 5 heteroatoms. The Hall–Kier alpha value is -2.40. The van der Waals surface area contributed by atoms with Gasteiger partial charge in [-0.2, -0.15) is 0 Å². The van der Waals surface area contributed by atoms with Gasteiger partial charge in [0, 0.05) is 0 Å². The molecule has 0 fully saturated rings. The van der Waals surface area contributed by atoms with Crippen molar-refractivity contribution in [1.29, 1.82) is 0 Å². The number of carboxylic acids is 1. The second kappa shape index (κ2) is 7.40. The summed E-state index contributed by atoms with van der Waals surface area (Å²) in [5.41, 5.74) is 1.17. The molecule has 0 aliphatic carbocycles. The van der Waals surface area contributed by atoms with Crippen LogP contribution in [-0.4, -0.2) is 17.7 Å². The van der Waals surface area contributed by atoms with Gasteiger partial charge in [0.25, 0.3) is 0 Å². The van der Waals surface area contributed by atoms with Crippen LogP contribution in [0.5, 0.6) is 5.75 Å². The molecule has 0 saturated heterocycles. The first kappa shape index (κ1) is 15.0. The molecular formula is C16H15FO4. The summed E-state index contributed by atoms with van der Waals surface area (Å²) in [6, 6.07) is 13.9. The first-order valence-corrected chi connectivity index (χ1v) is 6.40. The van der Waals surface area contributed by atoms with Gasteiger partial charge in [-0.25, -0.2) is 9.18 Å². The van der Waals surface area contributed by atoms with E-state index in [1.165, 1.54) is 12.1 Å². The average Bonchev–Trinajstić information content (AvgIpc) is 2.48. The zero-order valence-electron chi connectivity index (χ0n) is 11.3. The second-order valence-corrected chi connectivity index (χ2v) is 4.38. The van der Waals surface area contributed by atoms with E-state index in [4.69, 9.17) is 14.6 Å². The molecule has 1 N–H and O–H groups in total. The molecule has 0 radical (unpaired) electrons. The van der Waals surface area contributed by atoms with Crippen molar-refractivity contribution in [3.8, 4) is 5.75 Å². The smallest absolute Gasteiger partial charge is 0.329 e. The third kappa shape index (κ3) is 4.57. The van der Waals surface area contributed by atoms with Crippen LogP contribution >= 0.6 is 0 Å². The van der Waals surface area contributed by atoms with Crippen molar-refractivity contribution in [2.24, 2.45) is 0 Å². The van der Waals surface area contributed by atoms with Crippen LogP contribution in [0.25, 0.3) is 0 Å². The summed E-state index contributed by atoms with van der Waals surface area (Å²) >= 11 is 0. The van der Waals surface area contributed by atoms with Crippen LogP contribution in [0, 0.1) is 5.82 Å². The van der Waals surface area contributed by atoms with E-state index in [2.05, 4.69) is 0 Å². The number of carbonyl (C=O) groups is 1. The van der Waals surface area contributed by atoms with Gasteiger partial charge in [-0.15, -0.1) is 0 Å². The van der Waals surface area contributed by atoms with Gasteiger partial charge >= 0.3 is 5.97 Å². The van der Waals surface area contributed by atoms with E-state index in [0.29, 0.717) is 12.4 Å². The van der Waals surface area contributed by atoms with E-state index >= 15 is 0 Å². The molecular weight excluding hydrogens is 275 g/mol. The van der Waals surface area contributed by atoms with Gasteiger partial charge in [-0.1, -0.05) is 36.4 Å². The fraction of sp³-hybridized carbons (Fsp3) is 0.188. The summed E-state index contributed by atoms with van der Waals surface area (Å²) < 4.78 is 24.3. The molecule has 0 aliphatic rings. The van der Waals surface area contributed by atoms with E-state index in [9.17, 15) is 9.18 Å². The zero-order valence-corrected chi connectivity index (χ0v) is 11.3. The first-order valence-electron chi connectivity index (χ1n) is 6.40. The molecule has 0 spiro atoms. The topological polar surface area (TPSA) is 55.8 Å². The number of carboxylic acid groups (broad SMARTS) is 1. The Balaban J connectivity index is 2.04. The molecule has 2 rings (SSSR count). The largest absolute Gasteiger partial charge is 0.488 e. The van der Waals surface area contributed by atoms with Gasteiger partial charge in [-0.3, -0.25) is 0 Å². The number of hydrogen-bond donors (Lipinski definition) is 1. The minimum Gasteiger partial charge on any atom is -0.488 e. The van der Waals surface area contributed by atoms with Crippen LogP contribution in [0.2, 0.25) is 0 Å². The number of hydrogen-bond acceptors (Lipinski definition) is 3. The predicted octanol–water partition coefficient (Wildman–Crippen LogP) is 3.01. The molecule has 0 bridgehead atoms. The Labute approximate surface area is 121 Å². The Morgan fingerprint density at radius 2 is 1.81 bits per heavy atom. The summed E-state index contributed by atoms with van der Waals surface area (Å²) in [6.07, 6.45) is 0. The lowest BCUT2D eigenvalue weighted by Gasteiger charge is -2.12. The predicted molar refractivity (Wildman–Crippen MR) is 74.5 cm³/mol. The number of aliphatic carboxylic acids is 1. The highest BCUT2D eigenvalue weighted by atomic mass is 19.1. The molecule has 0 atom stereocenters. The molecule has 0 saturated carbocycles. The van der Waals surface area contributed by atoms with Gasteiger partial charge in [0.05, 0.1) is 12.2 Å². The lowest BCUT2D eigenvalue weighted by Crippen LogP contribution is -2.08. The van der Waals surface area contributed by atoms with Crippen molar-refractivity contribution < 1.29 is 23.8 Å². The Kier molecular flexibility index (Phi) is 5.29. The third-order valence-electron chi connectivity index (χ3n) is 2.78. The fourth-order valence-electron chi connectivity index (χ4n) is 1.79. The summed E-state index contributed by atoms with van der Waals surface area (Å²) in [4.78, 5) is 10.4. The van der Waals surface area contributed by atoms with Gasteiger partial charge in [0.2, 0.25) is 0 Å². The highest BCUT2D eigenvalue weighted by Gasteiger charge is 2.11. The molecule has 2 aromatic carbocycles. The maximum Gasteiger partial charge on any atom is 0.329 e. The van der Waals surface area contributed by atoms with Crippen molar-refractivity contribution in [3.05, 3.63) is 65.5 Å². The van der Waals surface area contributed by atoms with E-state index in [-0.39, 0.29) is 12.2 Å². The number of ether oxygens (including phenoxy) is 2. The molecule has 0 unspecified atom stereocenters. The normalized spacial score (nSPS) is 10.3. The fourth-order valence-corrected chi connectivity index (χ4v) is 1.79. The summed E-state index contributed by atoms with van der Waals surface area (Å²) in [7, 11) is 0. The lowest BCUT2D eigenvalue weighted by molar-refractivity contribution is -0.142. The van der Waals surface area contributed by atoms with Gasteiger partial charge in [0.15, 0.2) is 0 Å². The molecule has 21 heavy (non-hydrogen) atoms. The Bertz CT molecular complexity index is 598. The van der Waals surface area contributed by atoms with Crippen molar-refractivity contribution in [2.75, 3.05) is 6.61 Å². The molecule has 0 heterocycles. The van der Waals surface area contributed by atoms with Gasteiger partial charge < -0.3 is 14.6 Å². The number of rotatable bonds is 7. The quantitative estimate of drug-likeness (QED) is 0.851. The van der Waals surface area contributed by atoms with Crippen LogP contribution in [0.15, 0.2) is 48.5 Å². The minimum atomic E-state index is -1.10. The third-order valence-corrected chi connectivity index (χ3v) is 2.78.